The first-order chi connectivity index (χ1) is 8.54. The molecule has 2 atom stereocenters. The Hall–Kier alpha value is -0.340. The highest BCUT2D eigenvalue weighted by Crippen LogP contribution is 2.37. The van der Waals surface area contributed by atoms with Crippen molar-refractivity contribution in [1.29, 1.82) is 0 Å². The number of hydrogen-bond donors (Lipinski definition) is 0. The Kier molecular flexibility index (Phi) is 4.50. The van der Waals surface area contributed by atoms with E-state index in [1.807, 2.05) is 0 Å². The lowest BCUT2D eigenvalue weighted by Gasteiger charge is -2.24. The number of benzene rings is 1. The Morgan fingerprint density at radius 1 is 1.33 bits per heavy atom. The third kappa shape index (κ3) is 2.97. The molecule has 1 nitrogen and oxygen atoms in total. The summed E-state index contributed by atoms with van der Waals surface area (Å²) in [6.07, 6.45) is 2.33. The van der Waals surface area contributed by atoms with Gasteiger partial charge in [0.25, 0.3) is 0 Å². The van der Waals surface area contributed by atoms with Crippen molar-refractivity contribution in [3.8, 4) is 0 Å². The Labute approximate surface area is 119 Å². The minimum atomic E-state index is 0.275. The number of rotatable bonds is 4. The van der Waals surface area contributed by atoms with Gasteiger partial charge in [-0.2, -0.15) is 0 Å². The summed E-state index contributed by atoms with van der Waals surface area (Å²) < 4.78 is 5.47. The Balaban J connectivity index is 2.12. The number of halogens is 1. The molecular formula is C16H23BrO. The minimum Gasteiger partial charge on any atom is -0.381 e. The summed E-state index contributed by atoms with van der Waals surface area (Å²) in [6, 6.07) is 9.10. The summed E-state index contributed by atoms with van der Waals surface area (Å²) in [5, 5.41) is 0. The second-order valence-electron chi connectivity index (χ2n) is 5.88. The smallest absolute Gasteiger partial charge is 0.0509 e. The molecule has 0 aromatic heterocycles. The van der Waals surface area contributed by atoms with Crippen LogP contribution < -0.4 is 0 Å². The Morgan fingerprint density at radius 3 is 2.50 bits per heavy atom. The van der Waals surface area contributed by atoms with Gasteiger partial charge in [0.1, 0.15) is 0 Å². The maximum Gasteiger partial charge on any atom is 0.0509 e. The third-order valence-electron chi connectivity index (χ3n) is 4.27. The molecule has 2 unspecified atom stereocenters. The van der Waals surface area contributed by atoms with Crippen LogP contribution in [0.2, 0.25) is 0 Å². The van der Waals surface area contributed by atoms with E-state index in [9.17, 15) is 0 Å². The highest BCUT2D eigenvalue weighted by atomic mass is 79.9. The van der Waals surface area contributed by atoms with Gasteiger partial charge >= 0.3 is 0 Å². The van der Waals surface area contributed by atoms with Gasteiger partial charge in [-0.15, -0.1) is 0 Å². The molecule has 0 amide bonds. The lowest BCUT2D eigenvalue weighted by molar-refractivity contribution is 0.185. The quantitative estimate of drug-likeness (QED) is 0.723. The van der Waals surface area contributed by atoms with Crippen molar-refractivity contribution in [3.05, 3.63) is 35.4 Å². The fraction of sp³-hybridized carbons (Fsp3) is 0.625. The van der Waals surface area contributed by atoms with Gasteiger partial charge in [-0.25, -0.2) is 0 Å². The topological polar surface area (TPSA) is 9.23 Å². The molecule has 0 spiro atoms. The van der Waals surface area contributed by atoms with E-state index in [-0.39, 0.29) is 5.41 Å². The number of alkyl halides is 1. The molecule has 0 aliphatic carbocycles. The molecule has 1 aromatic rings. The van der Waals surface area contributed by atoms with Crippen molar-refractivity contribution >= 4 is 15.9 Å². The van der Waals surface area contributed by atoms with Crippen LogP contribution in [0.5, 0.6) is 0 Å². The molecule has 0 N–H and O–H groups in total. The lowest BCUT2D eigenvalue weighted by Crippen LogP contribution is -2.15. The zero-order chi connectivity index (χ0) is 13.2. The third-order valence-corrected chi connectivity index (χ3v) is 5.55. The molecule has 1 aromatic carbocycles. The second kappa shape index (κ2) is 5.75. The van der Waals surface area contributed by atoms with Crippen LogP contribution in [-0.2, 0) is 10.2 Å². The van der Waals surface area contributed by atoms with E-state index in [2.05, 4.69) is 61.0 Å². The highest BCUT2D eigenvalue weighted by molar-refractivity contribution is 9.09. The average molecular weight is 311 g/mol. The molecule has 1 saturated heterocycles. The largest absolute Gasteiger partial charge is 0.381 e. The standard InChI is InChI=1S/C16H23BrO/c1-4-16(2,3)14-7-5-12(6-8-14)15(17)13-9-10-18-11-13/h5-8,13,15H,4,9-11H2,1-3H3. The van der Waals surface area contributed by atoms with Crippen molar-refractivity contribution in [3.63, 3.8) is 0 Å². The predicted molar refractivity (Wildman–Crippen MR) is 80.4 cm³/mol. The summed E-state index contributed by atoms with van der Waals surface area (Å²) >= 11 is 3.82. The van der Waals surface area contributed by atoms with Gasteiger partial charge in [0, 0.05) is 17.4 Å². The van der Waals surface area contributed by atoms with Gasteiger partial charge in [-0.1, -0.05) is 61.0 Å². The van der Waals surface area contributed by atoms with E-state index < -0.39 is 0 Å². The molecule has 2 rings (SSSR count). The predicted octanol–water partition coefficient (Wildman–Crippen LogP) is 4.85. The molecule has 1 aliphatic rings. The highest BCUT2D eigenvalue weighted by Gasteiger charge is 2.25. The van der Waals surface area contributed by atoms with Crippen LogP contribution in [0.25, 0.3) is 0 Å². The van der Waals surface area contributed by atoms with Gasteiger partial charge in [-0.3, -0.25) is 0 Å². The molecular weight excluding hydrogens is 288 g/mol. The van der Waals surface area contributed by atoms with Gasteiger partial charge in [-0.05, 0) is 29.4 Å². The van der Waals surface area contributed by atoms with Gasteiger partial charge in [0.15, 0.2) is 0 Å². The monoisotopic (exact) mass is 310 g/mol. The van der Waals surface area contributed by atoms with Crippen LogP contribution in [-0.4, -0.2) is 13.2 Å². The van der Waals surface area contributed by atoms with E-state index in [0.29, 0.717) is 10.7 Å². The van der Waals surface area contributed by atoms with E-state index in [4.69, 9.17) is 4.74 Å². The van der Waals surface area contributed by atoms with Gasteiger partial charge in [0.05, 0.1) is 6.61 Å². The van der Waals surface area contributed by atoms with E-state index >= 15 is 0 Å². The Bertz CT molecular complexity index is 377. The summed E-state index contributed by atoms with van der Waals surface area (Å²) in [7, 11) is 0. The van der Waals surface area contributed by atoms with Crippen LogP contribution >= 0.6 is 15.9 Å². The summed E-state index contributed by atoms with van der Waals surface area (Å²) in [5.41, 5.74) is 3.08. The molecule has 18 heavy (non-hydrogen) atoms. The zero-order valence-corrected chi connectivity index (χ0v) is 13.2. The number of hydrogen-bond acceptors (Lipinski definition) is 1. The van der Waals surface area contributed by atoms with Crippen molar-refractivity contribution in [2.45, 2.75) is 43.9 Å². The fourth-order valence-corrected chi connectivity index (χ4v) is 3.10. The summed E-state index contributed by atoms with van der Waals surface area (Å²) in [4.78, 5) is 0.429. The SMILES string of the molecule is CCC(C)(C)c1ccc(C(Br)C2CCOC2)cc1. The second-order valence-corrected chi connectivity index (χ2v) is 6.87. The zero-order valence-electron chi connectivity index (χ0n) is 11.6. The van der Waals surface area contributed by atoms with Crippen molar-refractivity contribution in [2.24, 2.45) is 5.92 Å². The van der Waals surface area contributed by atoms with Crippen molar-refractivity contribution in [2.75, 3.05) is 13.2 Å². The van der Waals surface area contributed by atoms with E-state index in [0.717, 1.165) is 19.6 Å². The molecule has 1 heterocycles. The first-order valence-corrected chi connectivity index (χ1v) is 7.78. The molecule has 0 bridgehead atoms. The van der Waals surface area contributed by atoms with Gasteiger partial charge in [0.2, 0.25) is 0 Å². The van der Waals surface area contributed by atoms with Gasteiger partial charge < -0.3 is 4.74 Å². The van der Waals surface area contributed by atoms with Crippen LogP contribution in [0.3, 0.4) is 0 Å². The van der Waals surface area contributed by atoms with Crippen LogP contribution in [0.1, 0.15) is 49.6 Å². The molecule has 1 fully saturated rings. The first-order valence-electron chi connectivity index (χ1n) is 6.87. The minimum absolute atomic E-state index is 0.275. The summed E-state index contributed by atoms with van der Waals surface area (Å²) in [6.45, 7) is 8.65. The molecule has 2 heteroatoms. The molecule has 1 aliphatic heterocycles. The van der Waals surface area contributed by atoms with Crippen molar-refractivity contribution < 1.29 is 4.74 Å². The van der Waals surface area contributed by atoms with E-state index in [1.54, 1.807) is 0 Å². The molecule has 100 valence electrons. The Morgan fingerprint density at radius 2 is 2.00 bits per heavy atom. The van der Waals surface area contributed by atoms with Crippen LogP contribution in [0, 0.1) is 5.92 Å². The fourth-order valence-electron chi connectivity index (χ4n) is 2.38. The summed E-state index contributed by atoms with van der Waals surface area (Å²) in [5.74, 6) is 0.620. The average Bonchev–Trinajstić information content (AvgIpc) is 2.92. The molecule has 0 saturated carbocycles. The van der Waals surface area contributed by atoms with Crippen molar-refractivity contribution in [1.82, 2.24) is 0 Å². The number of ether oxygens (including phenoxy) is 1. The lowest BCUT2D eigenvalue weighted by atomic mass is 9.81. The van der Waals surface area contributed by atoms with Crippen LogP contribution in [0.15, 0.2) is 24.3 Å². The van der Waals surface area contributed by atoms with Crippen LogP contribution in [0.4, 0.5) is 0 Å². The maximum atomic E-state index is 5.47. The first kappa shape index (κ1) is 14.1. The van der Waals surface area contributed by atoms with E-state index in [1.165, 1.54) is 17.5 Å². The normalized spacial score (nSPS) is 22.1. The maximum absolute atomic E-state index is 5.47. The molecule has 0 radical (unpaired) electrons.